The smallest absolute Gasteiger partial charge is 0.326 e. The van der Waals surface area contributed by atoms with Crippen LogP contribution in [0.2, 0.25) is 0 Å². The predicted molar refractivity (Wildman–Crippen MR) is 126 cm³/mol. The summed E-state index contributed by atoms with van der Waals surface area (Å²) >= 11 is 0. The van der Waals surface area contributed by atoms with Crippen LogP contribution in [-0.4, -0.2) is 69.8 Å². The molecule has 0 radical (unpaired) electrons. The van der Waals surface area contributed by atoms with Gasteiger partial charge in [0.15, 0.2) is 0 Å². The molecule has 0 aliphatic rings. The van der Waals surface area contributed by atoms with E-state index in [9.17, 15) is 34.5 Å². The SMILES string of the molecule is CC(O)C(N)C(=O)NCC(=O)NC(Cc1ccccc1)C(=O)NC(Cc1ccc(O)cc1)C(=O)O. The minimum atomic E-state index is -1.29. The lowest BCUT2D eigenvalue weighted by Crippen LogP contribution is -2.55. The third-order valence-electron chi connectivity index (χ3n) is 5.17. The van der Waals surface area contributed by atoms with Crippen LogP contribution >= 0.6 is 0 Å². The third kappa shape index (κ3) is 9.07. The van der Waals surface area contributed by atoms with Gasteiger partial charge in [-0.25, -0.2) is 4.79 Å². The van der Waals surface area contributed by atoms with Gasteiger partial charge in [-0.05, 0) is 30.2 Å². The maximum Gasteiger partial charge on any atom is 0.326 e. The molecule has 35 heavy (non-hydrogen) atoms. The molecule has 0 aliphatic heterocycles. The third-order valence-corrected chi connectivity index (χ3v) is 5.17. The number of benzene rings is 2. The van der Waals surface area contributed by atoms with Crippen molar-refractivity contribution in [2.45, 2.75) is 44.0 Å². The second kappa shape index (κ2) is 13.1. The Labute approximate surface area is 202 Å². The number of carboxylic acid groups (broad SMARTS) is 1. The van der Waals surface area contributed by atoms with Crippen molar-refractivity contribution in [3.63, 3.8) is 0 Å². The van der Waals surface area contributed by atoms with E-state index >= 15 is 0 Å². The van der Waals surface area contributed by atoms with Gasteiger partial charge < -0.3 is 37.0 Å². The zero-order valence-electron chi connectivity index (χ0n) is 19.2. The van der Waals surface area contributed by atoms with E-state index in [1.165, 1.54) is 19.1 Å². The summed E-state index contributed by atoms with van der Waals surface area (Å²) in [6.07, 6.45) is -1.08. The molecule has 2 aromatic carbocycles. The normalized spacial score (nSPS) is 14.1. The molecule has 8 N–H and O–H groups in total. The van der Waals surface area contributed by atoms with Crippen LogP contribution in [0, 0.1) is 0 Å². The number of phenolic OH excluding ortho intramolecular Hbond substituents is 1. The lowest BCUT2D eigenvalue weighted by molar-refractivity contribution is -0.142. The molecule has 2 rings (SSSR count). The van der Waals surface area contributed by atoms with Gasteiger partial charge in [0, 0.05) is 12.8 Å². The van der Waals surface area contributed by atoms with Gasteiger partial charge in [-0.2, -0.15) is 0 Å². The fraction of sp³-hybridized carbons (Fsp3) is 0.333. The Morgan fingerprint density at radius 2 is 1.43 bits per heavy atom. The van der Waals surface area contributed by atoms with Gasteiger partial charge in [-0.1, -0.05) is 42.5 Å². The molecule has 2 aromatic rings. The van der Waals surface area contributed by atoms with Crippen molar-refractivity contribution in [1.29, 1.82) is 0 Å². The summed E-state index contributed by atoms with van der Waals surface area (Å²) in [7, 11) is 0. The molecule has 0 saturated heterocycles. The van der Waals surface area contributed by atoms with Crippen molar-refractivity contribution >= 4 is 23.7 Å². The number of hydrogen-bond acceptors (Lipinski definition) is 7. The Hall–Kier alpha value is -3.96. The molecule has 0 aliphatic carbocycles. The van der Waals surface area contributed by atoms with Crippen molar-refractivity contribution in [2.75, 3.05) is 6.54 Å². The van der Waals surface area contributed by atoms with Gasteiger partial charge in [0.2, 0.25) is 17.7 Å². The highest BCUT2D eigenvalue weighted by molar-refractivity contribution is 5.92. The second-order valence-corrected chi connectivity index (χ2v) is 8.06. The molecule has 0 fully saturated rings. The van der Waals surface area contributed by atoms with E-state index in [-0.39, 0.29) is 18.6 Å². The van der Waals surface area contributed by atoms with Gasteiger partial charge >= 0.3 is 5.97 Å². The second-order valence-electron chi connectivity index (χ2n) is 8.06. The Morgan fingerprint density at radius 1 is 0.857 bits per heavy atom. The molecule has 0 spiro atoms. The first kappa shape index (κ1) is 27.3. The molecule has 0 aromatic heterocycles. The van der Waals surface area contributed by atoms with Crippen molar-refractivity contribution in [3.05, 3.63) is 65.7 Å². The maximum atomic E-state index is 13.0. The van der Waals surface area contributed by atoms with Crippen molar-refractivity contribution in [1.82, 2.24) is 16.0 Å². The maximum absolute atomic E-state index is 13.0. The van der Waals surface area contributed by atoms with E-state index in [0.717, 1.165) is 5.56 Å². The molecule has 0 saturated carbocycles. The molecule has 4 atom stereocenters. The Bertz CT molecular complexity index is 1010. The van der Waals surface area contributed by atoms with Crippen molar-refractivity contribution in [2.24, 2.45) is 5.73 Å². The summed E-state index contributed by atoms with van der Waals surface area (Å²) in [5, 5.41) is 35.6. The molecule has 11 heteroatoms. The molecule has 3 amide bonds. The largest absolute Gasteiger partial charge is 0.508 e. The van der Waals surface area contributed by atoms with E-state index in [1.807, 2.05) is 0 Å². The molecule has 0 bridgehead atoms. The van der Waals surface area contributed by atoms with Crippen LogP contribution in [0.25, 0.3) is 0 Å². The first-order chi connectivity index (χ1) is 16.6. The summed E-state index contributed by atoms with van der Waals surface area (Å²) < 4.78 is 0. The van der Waals surface area contributed by atoms with Crippen LogP contribution < -0.4 is 21.7 Å². The summed E-state index contributed by atoms with van der Waals surface area (Å²) in [6, 6.07) is 11.1. The highest BCUT2D eigenvalue weighted by atomic mass is 16.4. The van der Waals surface area contributed by atoms with Crippen LogP contribution in [0.1, 0.15) is 18.1 Å². The number of amides is 3. The number of carboxylic acids is 1. The average Bonchev–Trinajstić information content (AvgIpc) is 2.82. The van der Waals surface area contributed by atoms with Crippen LogP contribution in [0.15, 0.2) is 54.6 Å². The number of hydrogen-bond donors (Lipinski definition) is 7. The van der Waals surface area contributed by atoms with E-state index in [0.29, 0.717) is 5.56 Å². The number of carbonyl (C=O) groups is 4. The molecular weight excluding hydrogens is 456 g/mol. The zero-order chi connectivity index (χ0) is 26.0. The molecule has 4 unspecified atom stereocenters. The van der Waals surface area contributed by atoms with Gasteiger partial charge in [-0.3, -0.25) is 14.4 Å². The number of rotatable bonds is 12. The van der Waals surface area contributed by atoms with E-state index < -0.39 is 54.5 Å². The minimum Gasteiger partial charge on any atom is -0.508 e. The summed E-state index contributed by atoms with van der Waals surface area (Å²) in [5.41, 5.74) is 6.83. The van der Waals surface area contributed by atoms with Crippen LogP contribution in [-0.2, 0) is 32.0 Å². The Kier molecular flexibility index (Phi) is 10.2. The Balaban J connectivity index is 2.10. The summed E-state index contributed by atoms with van der Waals surface area (Å²) in [5.74, 6) is -3.40. The van der Waals surface area contributed by atoms with E-state index in [1.54, 1.807) is 42.5 Å². The first-order valence-electron chi connectivity index (χ1n) is 10.9. The van der Waals surface area contributed by atoms with Gasteiger partial charge in [0.1, 0.15) is 23.9 Å². The highest BCUT2D eigenvalue weighted by Gasteiger charge is 2.27. The molecule has 0 heterocycles. The highest BCUT2D eigenvalue weighted by Crippen LogP contribution is 2.12. The fourth-order valence-electron chi connectivity index (χ4n) is 3.15. The number of aliphatic hydroxyl groups is 1. The van der Waals surface area contributed by atoms with Gasteiger partial charge in [0.25, 0.3) is 0 Å². The number of nitrogens with one attached hydrogen (secondary N) is 3. The quantitative estimate of drug-likeness (QED) is 0.200. The lowest BCUT2D eigenvalue weighted by Gasteiger charge is -2.22. The topological polar surface area (TPSA) is 191 Å². The molecule has 11 nitrogen and oxygen atoms in total. The van der Waals surface area contributed by atoms with Crippen molar-refractivity contribution < 1.29 is 34.5 Å². The first-order valence-corrected chi connectivity index (χ1v) is 10.9. The van der Waals surface area contributed by atoms with Crippen LogP contribution in [0.4, 0.5) is 0 Å². The number of aliphatic hydroxyl groups excluding tert-OH is 1. The van der Waals surface area contributed by atoms with Crippen molar-refractivity contribution in [3.8, 4) is 5.75 Å². The number of phenols is 1. The van der Waals surface area contributed by atoms with Crippen LogP contribution in [0.3, 0.4) is 0 Å². The average molecular weight is 487 g/mol. The van der Waals surface area contributed by atoms with Crippen LogP contribution in [0.5, 0.6) is 5.75 Å². The Morgan fingerprint density at radius 3 is 2.00 bits per heavy atom. The zero-order valence-corrected chi connectivity index (χ0v) is 19.2. The predicted octanol–water partition coefficient (Wildman–Crippen LogP) is -0.944. The van der Waals surface area contributed by atoms with Gasteiger partial charge in [0.05, 0.1) is 12.6 Å². The van der Waals surface area contributed by atoms with E-state index in [2.05, 4.69) is 16.0 Å². The minimum absolute atomic E-state index is 0.0248. The number of carbonyl (C=O) groups excluding carboxylic acids is 3. The summed E-state index contributed by atoms with van der Waals surface area (Å²) in [6.45, 7) is 0.843. The molecule has 188 valence electrons. The fourth-order valence-corrected chi connectivity index (χ4v) is 3.15. The number of aromatic hydroxyl groups is 1. The van der Waals surface area contributed by atoms with Gasteiger partial charge in [-0.15, -0.1) is 0 Å². The lowest BCUT2D eigenvalue weighted by atomic mass is 10.0. The molecular formula is C24H30N4O7. The number of nitrogens with two attached hydrogens (primary N) is 1. The monoisotopic (exact) mass is 486 g/mol. The van der Waals surface area contributed by atoms with E-state index in [4.69, 9.17) is 5.73 Å². The summed E-state index contributed by atoms with van der Waals surface area (Å²) in [4.78, 5) is 49.1. The standard InChI is InChI=1S/C24H30N4O7/c1-14(29)21(25)23(33)26-13-20(31)27-18(11-15-5-3-2-4-6-15)22(32)28-19(24(34)35)12-16-7-9-17(30)10-8-16/h2-10,14,18-19,21,29-30H,11-13,25H2,1H3,(H,26,33)(H,27,31)(H,28,32)(H,34,35). The number of aliphatic carboxylic acids is 1.